The highest BCUT2D eigenvalue weighted by Gasteiger charge is 2.30. The zero-order valence-corrected chi connectivity index (χ0v) is 20.7. The molecule has 2 heterocycles. The largest absolute Gasteiger partial charge is 0.504 e. The van der Waals surface area contributed by atoms with Crippen LogP contribution in [-0.4, -0.2) is 42.6 Å². The molecule has 0 aromatic carbocycles. The van der Waals surface area contributed by atoms with Gasteiger partial charge in [0.05, 0.1) is 6.26 Å². The van der Waals surface area contributed by atoms with Crippen molar-refractivity contribution in [2.45, 2.75) is 51.3 Å². The standard InChI is InChI=1S/C19H29N5O4S3/c1-6-13(14-9-11(4)10-28-14)21-17(20)18(23-29)22-15-12(5)30-19(16(15)25)31(26,27)24(7-2)8-3/h9-10,13,25,29H,6-8H2,1-5H3,(H2,20,21)(H,22,23)/t13-/m1/s1. The molecule has 2 aromatic rings. The van der Waals surface area contributed by atoms with Crippen LogP contribution in [-0.2, 0) is 10.0 Å². The van der Waals surface area contributed by atoms with E-state index in [9.17, 15) is 13.5 Å². The van der Waals surface area contributed by atoms with Gasteiger partial charge in [0, 0.05) is 18.0 Å². The van der Waals surface area contributed by atoms with E-state index in [1.807, 2.05) is 19.9 Å². The van der Waals surface area contributed by atoms with Gasteiger partial charge in [-0.15, -0.1) is 11.3 Å². The van der Waals surface area contributed by atoms with Crippen LogP contribution in [0.2, 0.25) is 0 Å². The number of nitrogens with one attached hydrogen (secondary N) is 1. The Kier molecular flexibility index (Phi) is 8.57. The maximum atomic E-state index is 12.9. The predicted octanol–water partition coefficient (Wildman–Crippen LogP) is 3.67. The quantitative estimate of drug-likeness (QED) is 0.255. The fourth-order valence-electron chi connectivity index (χ4n) is 2.95. The van der Waals surface area contributed by atoms with Crippen molar-refractivity contribution in [3.63, 3.8) is 0 Å². The molecule has 2 aromatic heterocycles. The summed E-state index contributed by atoms with van der Waals surface area (Å²) in [7, 11) is -3.83. The van der Waals surface area contributed by atoms with Crippen molar-refractivity contribution >= 4 is 51.5 Å². The lowest BCUT2D eigenvalue weighted by atomic mass is 10.1. The van der Waals surface area contributed by atoms with E-state index in [1.165, 1.54) is 4.31 Å². The molecule has 12 heteroatoms. The van der Waals surface area contributed by atoms with Gasteiger partial charge in [-0.25, -0.2) is 13.4 Å². The Hall–Kier alpha value is -2.02. The summed E-state index contributed by atoms with van der Waals surface area (Å²) in [5.41, 5.74) is 7.22. The van der Waals surface area contributed by atoms with Gasteiger partial charge in [-0.2, -0.15) is 4.31 Å². The third-order valence-electron chi connectivity index (χ3n) is 4.61. The summed E-state index contributed by atoms with van der Waals surface area (Å²) in [5.74, 6) is 0.391. The SMILES string of the molecule is CC[C@@H](N=C(N)C(=Nc1c(C)sc(S(=O)(=O)N(CC)CC)c1O)NS)c1cc(C)co1. The molecule has 0 bridgehead atoms. The molecule has 0 saturated heterocycles. The van der Waals surface area contributed by atoms with Crippen LogP contribution < -0.4 is 10.5 Å². The van der Waals surface area contributed by atoms with Crippen LogP contribution in [0.5, 0.6) is 5.75 Å². The lowest BCUT2D eigenvalue weighted by molar-refractivity contribution is 0.434. The Bertz CT molecular complexity index is 1070. The molecule has 31 heavy (non-hydrogen) atoms. The molecule has 172 valence electrons. The van der Waals surface area contributed by atoms with Gasteiger partial charge >= 0.3 is 0 Å². The third-order valence-corrected chi connectivity index (χ3v) is 8.44. The van der Waals surface area contributed by atoms with Crippen molar-refractivity contribution in [2.24, 2.45) is 15.7 Å². The molecular weight excluding hydrogens is 458 g/mol. The number of rotatable bonds is 8. The number of amidine groups is 2. The molecule has 1 atom stereocenters. The first kappa shape index (κ1) is 25.2. The zero-order chi connectivity index (χ0) is 23.3. The van der Waals surface area contributed by atoms with E-state index in [1.54, 1.807) is 27.0 Å². The highest BCUT2D eigenvalue weighted by molar-refractivity contribution is 7.91. The van der Waals surface area contributed by atoms with Crippen molar-refractivity contribution in [1.29, 1.82) is 0 Å². The summed E-state index contributed by atoms with van der Waals surface area (Å²) in [5, 5.41) is 10.7. The number of sulfonamides is 1. The number of aromatic hydroxyl groups is 1. The molecule has 0 fully saturated rings. The van der Waals surface area contributed by atoms with Crippen LogP contribution in [0.1, 0.15) is 49.4 Å². The number of nitrogens with two attached hydrogens (primary N) is 1. The highest BCUT2D eigenvalue weighted by atomic mass is 32.2. The fraction of sp³-hybridized carbons (Fsp3) is 0.474. The number of furan rings is 1. The molecule has 9 nitrogen and oxygen atoms in total. The molecule has 2 rings (SSSR count). The van der Waals surface area contributed by atoms with Gasteiger partial charge in [0.2, 0.25) is 0 Å². The van der Waals surface area contributed by atoms with E-state index in [0.29, 0.717) is 30.1 Å². The van der Waals surface area contributed by atoms with Gasteiger partial charge in [0.1, 0.15) is 17.5 Å². The molecule has 0 unspecified atom stereocenters. The number of aliphatic imine (C=N–C) groups is 2. The van der Waals surface area contributed by atoms with Crippen molar-refractivity contribution in [3.05, 3.63) is 28.5 Å². The lowest BCUT2D eigenvalue weighted by Crippen LogP contribution is -2.32. The number of thiol groups is 1. The molecule has 0 aliphatic carbocycles. The Morgan fingerprint density at radius 1 is 1.35 bits per heavy atom. The van der Waals surface area contributed by atoms with Gasteiger partial charge in [0.15, 0.2) is 21.6 Å². The number of nitrogens with zero attached hydrogens (tertiary/aromatic N) is 3. The van der Waals surface area contributed by atoms with Crippen LogP contribution in [0.15, 0.2) is 30.9 Å². The lowest BCUT2D eigenvalue weighted by Gasteiger charge is -2.17. The number of aryl methyl sites for hydroxylation is 2. The average Bonchev–Trinajstić information content (AvgIpc) is 3.28. The van der Waals surface area contributed by atoms with Gasteiger partial charge < -0.3 is 20.0 Å². The van der Waals surface area contributed by atoms with Crippen LogP contribution in [0, 0.1) is 13.8 Å². The van der Waals surface area contributed by atoms with E-state index in [0.717, 1.165) is 16.9 Å². The number of hydrogen-bond donors (Lipinski definition) is 4. The van der Waals surface area contributed by atoms with Crippen LogP contribution in [0.3, 0.4) is 0 Å². The second-order valence-corrected chi connectivity index (χ2v) is 10.4. The second-order valence-electron chi connectivity index (χ2n) is 6.77. The third kappa shape index (κ3) is 5.43. The summed E-state index contributed by atoms with van der Waals surface area (Å²) in [6.45, 7) is 9.60. The summed E-state index contributed by atoms with van der Waals surface area (Å²) in [6.07, 6.45) is 2.28. The Morgan fingerprint density at radius 2 is 2.00 bits per heavy atom. The smallest absolute Gasteiger partial charge is 0.256 e. The van der Waals surface area contributed by atoms with Gasteiger partial charge in [-0.1, -0.05) is 33.6 Å². The van der Waals surface area contributed by atoms with Crippen molar-refractivity contribution in [1.82, 2.24) is 9.03 Å². The normalized spacial score (nSPS) is 14.3. The van der Waals surface area contributed by atoms with Crippen molar-refractivity contribution in [3.8, 4) is 5.75 Å². The Balaban J connectivity index is 2.48. The van der Waals surface area contributed by atoms with Gasteiger partial charge in [0.25, 0.3) is 10.0 Å². The Morgan fingerprint density at radius 3 is 2.48 bits per heavy atom. The maximum Gasteiger partial charge on any atom is 0.256 e. The van der Waals surface area contributed by atoms with E-state index in [2.05, 4.69) is 27.5 Å². The minimum Gasteiger partial charge on any atom is -0.504 e. The topological polar surface area (TPSA) is 134 Å². The monoisotopic (exact) mass is 487 g/mol. The average molecular weight is 488 g/mol. The number of hydrogen-bond acceptors (Lipinski definition) is 8. The second kappa shape index (κ2) is 10.5. The molecule has 0 spiro atoms. The first-order chi connectivity index (χ1) is 14.6. The molecule has 0 aliphatic heterocycles. The summed E-state index contributed by atoms with van der Waals surface area (Å²) < 4.78 is 34.9. The zero-order valence-electron chi connectivity index (χ0n) is 18.2. The predicted molar refractivity (Wildman–Crippen MR) is 128 cm³/mol. The molecule has 0 aliphatic rings. The van der Waals surface area contributed by atoms with E-state index < -0.39 is 15.8 Å². The van der Waals surface area contributed by atoms with Crippen molar-refractivity contribution < 1.29 is 17.9 Å². The van der Waals surface area contributed by atoms with Crippen LogP contribution in [0.25, 0.3) is 0 Å². The molecule has 4 N–H and O–H groups in total. The first-order valence-corrected chi connectivity index (χ1v) is 12.5. The van der Waals surface area contributed by atoms with E-state index >= 15 is 0 Å². The summed E-state index contributed by atoms with van der Waals surface area (Å²) in [6, 6.07) is 1.56. The van der Waals surface area contributed by atoms with Crippen LogP contribution >= 0.6 is 24.2 Å². The van der Waals surface area contributed by atoms with E-state index in [-0.39, 0.29) is 27.6 Å². The molecule has 0 saturated carbocycles. The van der Waals surface area contributed by atoms with Crippen LogP contribution in [0.4, 0.5) is 5.69 Å². The van der Waals surface area contributed by atoms with E-state index in [4.69, 9.17) is 10.2 Å². The maximum absolute atomic E-state index is 12.9. The molecule has 0 amide bonds. The minimum absolute atomic E-state index is 0.0500. The minimum atomic E-state index is -3.83. The summed E-state index contributed by atoms with van der Waals surface area (Å²) in [4.78, 5) is 9.32. The Labute approximate surface area is 192 Å². The molecular formula is C19H29N5O4S3. The van der Waals surface area contributed by atoms with Gasteiger partial charge in [-0.05, 0) is 31.9 Å². The summed E-state index contributed by atoms with van der Waals surface area (Å²) >= 11 is 5.01. The first-order valence-electron chi connectivity index (χ1n) is 9.80. The van der Waals surface area contributed by atoms with Gasteiger partial charge in [-0.3, -0.25) is 4.99 Å². The van der Waals surface area contributed by atoms with Crippen molar-refractivity contribution in [2.75, 3.05) is 13.1 Å². The highest BCUT2D eigenvalue weighted by Crippen LogP contribution is 2.44. The fourth-order valence-corrected chi connectivity index (χ4v) is 6.19. The molecule has 0 radical (unpaired) electrons. The number of thiophene rings is 1.